The number of anilines is 1. The number of nitrogens with zero attached hydrogens (tertiary/aromatic N) is 3. The summed E-state index contributed by atoms with van der Waals surface area (Å²) in [4.78, 5) is 15.8. The number of quaternary nitrogens is 1. The Balaban J connectivity index is 1.82. The van der Waals surface area contributed by atoms with Crippen molar-refractivity contribution in [2.75, 3.05) is 37.6 Å². The molecule has 1 aromatic carbocycles. The van der Waals surface area contributed by atoms with Gasteiger partial charge in [-0.3, -0.25) is 0 Å². The Kier molecular flexibility index (Phi) is 4.21. The largest absolute Gasteiger partial charge is 0.345 e. The Hall–Kier alpha value is -1.98. The van der Waals surface area contributed by atoms with Crippen molar-refractivity contribution in [3.63, 3.8) is 0 Å². The average molecular weight is 339 g/mol. The van der Waals surface area contributed by atoms with Gasteiger partial charge in [-0.05, 0) is 19.4 Å². The molecule has 3 aromatic rings. The number of hydrogen-bond donors (Lipinski definition) is 1. The Morgan fingerprint density at radius 2 is 1.88 bits per heavy atom. The minimum Gasteiger partial charge on any atom is -0.345 e. The highest BCUT2D eigenvalue weighted by atomic mass is 32.1. The van der Waals surface area contributed by atoms with Gasteiger partial charge < -0.3 is 9.80 Å². The van der Waals surface area contributed by atoms with E-state index in [9.17, 15) is 0 Å². The first-order chi connectivity index (χ1) is 11.8. The average Bonchev–Trinajstić information content (AvgIpc) is 2.98. The molecular weight excluding hydrogens is 316 g/mol. The Morgan fingerprint density at radius 3 is 2.58 bits per heavy atom. The van der Waals surface area contributed by atoms with E-state index in [0.717, 1.165) is 23.7 Å². The fourth-order valence-electron chi connectivity index (χ4n) is 3.61. The minimum absolute atomic E-state index is 1.07. The summed E-state index contributed by atoms with van der Waals surface area (Å²) in [6.45, 7) is 10.2. The molecular formula is C19H23N4S+. The van der Waals surface area contributed by atoms with E-state index in [1.54, 1.807) is 22.6 Å². The third-order valence-electron chi connectivity index (χ3n) is 4.98. The summed E-state index contributed by atoms with van der Waals surface area (Å²) in [7, 11) is 0. The van der Waals surface area contributed by atoms with Gasteiger partial charge in [-0.1, -0.05) is 30.3 Å². The summed E-state index contributed by atoms with van der Waals surface area (Å²) >= 11 is 1.77. The zero-order valence-corrected chi connectivity index (χ0v) is 15.1. The van der Waals surface area contributed by atoms with Crippen molar-refractivity contribution in [1.82, 2.24) is 9.97 Å². The lowest BCUT2D eigenvalue weighted by molar-refractivity contribution is -0.898. The van der Waals surface area contributed by atoms with Crippen LogP contribution in [-0.2, 0) is 0 Å². The smallest absolute Gasteiger partial charge is 0.141 e. The first-order valence-electron chi connectivity index (χ1n) is 8.66. The molecule has 0 spiro atoms. The van der Waals surface area contributed by atoms with Crippen LogP contribution in [0, 0.1) is 6.92 Å². The maximum Gasteiger partial charge on any atom is 0.141 e. The number of nitrogens with one attached hydrogen (secondary N) is 1. The van der Waals surface area contributed by atoms with E-state index in [4.69, 9.17) is 4.98 Å². The number of benzene rings is 1. The third-order valence-corrected chi connectivity index (χ3v) is 5.99. The molecule has 0 bridgehead atoms. The number of hydrogen-bond acceptors (Lipinski definition) is 4. The number of rotatable bonds is 3. The molecule has 4 rings (SSSR count). The number of aryl methyl sites for hydroxylation is 1. The molecule has 24 heavy (non-hydrogen) atoms. The van der Waals surface area contributed by atoms with Crippen LogP contribution in [0.4, 0.5) is 5.82 Å². The van der Waals surface area contributed by atoms with Gasteiger partial charge in [0.1, 0.15) is 17.0 Å². The maximum atomic E-state index is 4.69. The van der Waals surface area contributed by atoms with E-state index < -0.39 is 0 Å². The number of fused-ring (bicyclic) bond motifs is 1. The molecule has 1 saturated heterocycles. The molecule has 0 amide bonds. The molecule has 5 heteroatoms. The SMILES string of the molecule is CC[NH+]1CCN(c2ncnc3sc(C)c(-c4ccccc4)c23)CC1. The normalized spacial score (nSPS) is 16.0. The molecule has 1 fully saturated rings. The fraction of sp³-hybridized carbons (Fsp3) is 0.368. The van der Waals surface area contributed by atoms with Crippen LogP contribution in [0.2, 0.25) is 0 Å². The van der Waals surface area contributed by atoms with Crippen LogP contribution in [0.5, 0.6) is 0 Å². The highest BCUT2D eigenvalue weighted by Gasteiger charge is 2.24. The van der Waals surface area contributed by atoms with E-state index in [1.807, 2.05) is 0 Å². The van der Waals surface area contributed by atoms with Gasteiger partial charge in [0.15, 0.2) is 0 Å². The third kappa shape index (κ3) is 2.68. The summed E-state index contributed by atoms with van der Waals surface area (Å²) < 4.78 is 0. The molecule has 1 aliphatic rings. The van der Waals surface area contributed by atoms with E-state index in [2.05, 4.69) is 54.1 Å². The van der Waals surface area contributed by atoms with Gasteiger partial charge in [0.25, 0.3) is 0 Å². The molecule has 3 heterocycles. The molecule has 0 radical (unpaired) electrons. The van der Waals surface area contributed by atoms with Crippen LogP contribution >= 0.6 is 11.3 Å². The van der Waals surface area contributed by atoms with E-state index >= 15 is 0 Å². The Morgan fingerprint density at radius 1 is 1.12 bits per heavy atom. The van der Waals surface area contributed by atoms with Gasteiger partial charge in [0.2, 0.25) is 0 Å². The summed E-state index contributed by atoms with van der Waals surface area (Å²) in [6, 6.07) is 10.6. The first-order valence-corrected chi connectivity index (χ1v) is 9.47. The molecule has 0 saturated carbocycles. The Labute approximate surface area is 146 Å². The summed E-state index contributed by atoms with van der Waals surface area (Å²) in [6.07, 6.45) is 1.72. The van der Waals surface area contributed by atoms with Gasteiger partial charge in [0, 0.05) is 10.4 Å². The van der Waals surface area contributed by atoms with Crippen LogP contribution < -0.4 is 9.80 Å². The van der Waals surface area contributed by atoms with Crippen LogP contribution in [0.3, 0.4) is 0 Å². The highest BCUT2D eigenvalue weighted by molar-refractivity contribution is 7.19. The van der Waals surface area contributed by atoms with Gasteiger partial charge in [-0.25, -0.2) is 9.97 Å². The van der Waals surface area contributed by atoms with Crippen molar-refractivity contribution in [2.45, 2.75) is 13.8 Å². The monoisotopic (exact) mass is 339 g/mol. The van der Waals surface area contributed by atoms with Crippen molar-refractivity contribution in [3.05, 3.63) is 41.5 Å². The second kappa shape index (κ2) is 6.49. The molecule has 1 aliphatic heterocycles. The van der Waals surface area contributed by atoms with Gasteiger partial charge in [0.05, 0.1) is 38.1 Å². The van der Waals surface area contributed by atoms with Crippen LogP contribution in [0.25, 0.3) is 21.3 Å². The molecule has 0 unspecified atom stereocenters. The van der Waals surface area contributed by atoms with Gasteiger partial charge in [-0.15, -0.1) is 11.3 Å². The van der Waals surface area contributed by atoms with Crippen LogP contribution in [0.1, 0.15) is 11.8 Å². The quantitative estimate of drug-likeness (QED) is 0.795. The lowest BCUT2D eigenvalue weighted by atomic mass is 10.0. The van der Waals surface area contributed by atoms with Crippen LogP contribution in [0.15, 0.2) is 36.7 Å². The van der Waals surface area contributed by atoms with Gasteiger partial charge in [-0.2, -0.15) is 0 Å². The summed E-state index contributed by atoms with van der Waals surface area (Å²) in [5, 5.41) is 1.23. The van der Waals surface area contributed by atoms with E-state index in [-0.39, 0.29) is 0 Å². The molecule has 0 atom stereocenters. The summed E-state index contributed by atoms with van der Waals surface area (Å²) in [5.74, 6) is 1.11. The molecule has 4 nitrogen and oxygen atoms in total. The second-order valence-electron chi connectivity index (χ2n) is 6.37. The minimum atomic E-state index is 1.07. The van der Waals surface area contributed by atoms with Crippen molar-refractivity contribution in [1.29, 1.82) is 0 Å². The van der Waals surface area contributed by atoms with Gasteiger partial charge >= 0.3 is 0 Å². The standard InChI is InChI=1S/C19H22N4S/c1-3-22-9-11-23(12-10-22)18-17-16(15-7-5-4-6-8-15)14(2)24-19(17)21-13-20-18/h4-8,13H,3,9-12H2,1-2H3/p+1. The molecule has 1 N–H and O–H groups in total. The first kappa shape index (κ1) is 15.5. The predicted molar refractivity (Wildman–Crippen MR) is 101 cm³/mol. The predicted octanol–water partition coefficient (Wildman–Crippen LogP) is 2.39. The molecule has 124 valence electrons. The highest BCUT2D eigenvalue weighted by Crippen LogP contribution is 2.41. The maximum absolute atomic E-state index is 4.69. The zero-order chi connectivity index (χ0) is 16.5. The molecule has 2 aromatic heterocycles. The van der Waals surface area contributed by atoms with Crippen molar-refractivity contribution in [3.8, 4) is 11.1 Å². The zero-order valence-electron chi connectivity index (χ0n) is 14.2. The number of piperazine rings is 1. The number of likely N-dealkylation sites (N-methyl/N-ethyl adjacent to an activating group) is 1. The van der Waals surface area contributed by atoms with Crippen molar-refractivity contribution < 1.29 is 4.90 Å². The summed E-state index contributed by atoms with van der Waals surface area (Å²) in [5.41, 5.74) is 2.56. The number of thiophene rings is 1. The topological polar surface area (TPSA) is 33.5 Å². The van der Waals surface area contributed by atoms with Crippen molar-refractivity contribution in [2.24, 2.45) is 0 Å². The Bertz CT molecular complexity index is 835. The lowest BCUT2D eigenvalue weighted by Crippen LogP contribution is -3.14. The fourth-order valence-corrected chi connectivity index (χ4v) is 4.62. The number of aromatic nitrogens is 2. The van der Waals surface area contributed by atoms with E-state index in [1.165, 1.54) is 41.0 Å². The van der Waals surface area contributed by atoms with Crippen molar-refractivity contribution >= 4 is 27.4 Å². The lowest BCUT2D eigenvalue weighted by Gasteiger charge is -2.32. The second-order valence-corrected chi connectivity index (χ2v) is 7.57. The van der Waals surface area contributed by atoms with Crippen LogP contribution in [-0.4, -0.2) is 42.7 Å². The molecule has 0 aliphatic carbocycles. The van der Waals surface area contributed by atoms with E-state index in [0.29, 0.717) is 0 Å².